The molecule has 0 radical (unpaired) electrons. The average Bonchev–Trinajstić information content (AvgIpc) is 2.97. The molecule has 31 heavy (non-hydrogen) atoms. The fraction of sp³-hybridized carbons (Fsp3) is 0.391. The fourth-order valence-corrected chi connectivity index (χ4v) is 5.68. The number of piperidine rings is 1. The Kier molecular flexibility index (Phi) is 6.03. The van der Waals surface area contributed by atoms with Crippen molar-refractivity contribution in [3.63, 3.8) is 0 Å². The summed E-state index contributed by atoms with van der Waals surface area (Å²) in [6.45, 7) is 12.1. The van der Waals surface area contributed by atoms with E-state index in [-0.39, 0.29) is 11.5 Å². The van der Waals surface area contributed by atoms with E-state index in [1.54, 1.807) is 22.7 Å². The fourth-order valence-electron chi connectivity index (χ4n) is 4.42. The molecular formula is C23H26N4O2S2. The van der Waals surface area contributed by atoms with Crippen molar-refractivity contribution in [2.75, 3.05) is 24.5 Å². The molecule has 4 rings (SSSR count). The summed E-state index contributed by atoms with van der Waals surface area (Å²) in [5.74, 6) is 1.45. The van der Waals surface area contributed by atoms with Crippen molar-refractivity contribution >= 4 is 51.7 Å². The summed E-state index contributed by atoms with van der Waals surface area (Å²) in [6, 6.07) is 3.79. The van der Waals surface area contributed by atoms with Crippen molar-refractivity contribution in [1.82, 2.24) is 14.3 Å². The molecule has 4 heterocycles. The van der Waals surface area contributed by atoms with Crippen LogP contribution in [0.4, 0.5) is 5.82 Å². The van der Waals surface area contributed by atoms with Gasteiger partial charge in [-0.15, -0.1) is 6.58 Å². The third kappa shape index (κ3) is 4.06. The molecule has 2 atom stereocenters. The summed E-state index contributed by atoms with van der Waals surface area (Å²) in [6.07, 6.45) is 6.19. The maximum absolute atomic E-state index is 13.6. The number of hydrogen-bond acceptors (Lipinski definition) is 6. The summed E-state index contributed by atoms with van der Waals surface area (Å²) in [5, 5.41) is 0. The third-order valence-corrected chi connectivity index (χ3v) is 7.07. The van der Waals surface area contributed by atoms with Crippen molar-refractivity contribution in [2.45, 2.75) is 27.2 Å². The van der Waals surface area contributed by atoms with E-state index in [9.17, 15) is 9.59 Å². The van der Waals surface area contributed by atoms with Crippen LogP contribution in [0, 0.1) is 18.8 Å². The number of amides is 1. The van der Waals surface area contributed by atoms with Crippen LogP contribution in [-0.2, 0) is 4.79 Å². The van der Waals surface area contributed by atoms with Gasteiger partial charge >= 0.3 is 0 Å². The van der Waals surface area contributed by atoms with E-state index in [1.165, 1.54) is 16.7 Å². The molecule has 2 saturated heterocycles. The number of carbonyl (C=O) groups excluding carboxylic acids is 1. The van der Waals surface area contributed by atoms with Crippen molar-refractivity contribution in [1.29, 1.82) is 0 Å². The van der Waals surface area contributed by atoms with Gasteiger partial charge < -0.3 is 4.90 Å². The molecule has 0 N–H and O–H groups in total. The minimum absolute atomic E-state index is 0.177. The van der Waals surface area contributed by atoms with E-state index >= 15 is 0 Å². The van der Waals surface area contributed by atoms with Gasteiger partial charge in [0.1, 0.15) is 15.8 Å². The molecule has 0 unspecified atom stereocenters. The highest BCUT2D eigenvalue weighted by Crippen LogP contribution is 2.34. The van der Waals surface area contributed by atoms with Crippen LogP contribution in [0.5, 0.6) is 0 Å². The number of fused-ring (bicyclic) bond motifs is 1. The number of pyridine rings is 1. The molecule has 0 spiro atoms. The Hall–Kier alpha value is -2.45. The van der Waals surface area contributed by atoms with Crippen molar-refractivity contribution < 1.29 is 4.79 Å². The first-order valence-electron chi connectivity index (χ1n) is 10.4. The number of nitrogens with zero attached hydrogens (tertiary/aromatic N) is 4. The lowest BCUT2D eigenvalue weighted by Crippen LogP contribution is -2.40. The van der Waals surface area contributed by atoms with Crippen molar-refractivity contribution in [2.24, 2.45) is 11.8 Å². The topological polar surface area (TPSA) is 57.9 Å². The minimum Gasteiger partial charge on any atom is -0.355 e. The molecule has 6 nitrogen and oxygen atoms in total. The van der Waals surface area contributed by atoms with Gasteiger partial charge in [0.05, 0.1) is 10.5 Å². The van der Waals surface area contributed by atoms with Gasteiger partial charge in [-0.1, -0.05) is 50.0 Å². The summed E-state index contributed by atoms with van der Waals surface area (Å²) in [7, 11) is 0. The highest BCUT2D eigenvalue weighted by molar-refractivity contribution is 8.26. The van der Waals surface area contributed by atoms with Crippen LogP contribution in [0.15, 0.2) is 40.7 Å². The maximum Gasteiger partial charge on any atom is 0.267 e. The molecule has 2 aromatic heterocycles. The van der Waals surface area contributed by atoms with Crippen LogP contribution < -0.4 is 10.5 Å². The Morgan fingerprint density at radius 2 is 2.00 bits per heavy atom. The number of carbonyl (C=O) groups is 1. The molecular weight excluding hydrogens is 428 g/mol. The number of aryl methyl sites for hydroxylation is 1. The van der Waals surface area contributed by atoms with Crippen LogP contribution in [0.2, 0.25) is 0 Å². The van der Waals surface area contributed by atoms with Gasteiger partial charge in [0.15, 0.2) is 0 Å². The molecule has 2 aliphatic heterocycles. The smallest absolute Gasteiger partial charge is 0.267 e. The largest absolute Gasteiger partial charge is 0.355 e. The standard InChI is InChI=1S/C23H26N4O2S2/c1-5-8-27-22(29)18(31-23(27)30)11-17-20(25-12-14(2)10-15(3)13-25)24-19-16(4)7-6-9-26(19)21(17)28/h5-7,9,11,14-15H,1,8,10,12-13H2,2-4H3/b18-11+/t14-,15-/m1/s1. The lowest BCUT2D eigenvalue weighted by Gasteiger charge is -2.36. The van der Waals surface area contributed by atoms with Gasteiger partial charge in [0.25, 0.3) is 11.5 Å². The Labute approximate surface area is 191 Å². The van der Waals surface area contributed by atoms with Gasteiger partial charge in [-0.2, -0.15) is 0 Å². The monoisotopic (exact) mass is 454 g/mol. The van der Waals surface area contributed by atoms with Crippen molar-refractivity contribution in [3.8, 4) is 0 Å². The van der Waals surface area contributed by atoms with E-state index in [4.69, 9.17) is 17.2 Å². The second-order valence-electron chi connectivity index (χ2n) is 8.47. The maximum atomic E-state index is 13.6. The van der Waals surface area contributed by atoms with Gasteiger partial charge in [0.2, 0.25) is 0 Å². The second-order valence-corrected chi connectivity index (χ2v) is 10.1. The molecule has 2 aliphatic rings. The van der Waals surface area contributed by atoms with Crippen LogP contribution in [0.25, 0.3) is 11.7 Å². The summed E-state index contributed by atoms with van der Waals surface area (Å²) in [4.78, 5) is 35.5. The predicted molar refractivity (Wildman–Crippen MR) is 131 cm³/mol. The van der Waals surface area contributed by atoms with Gasteiger partial charge in [-0.25, -0.2) is 4.98 Å². The zero-order valence-corrected chi connectivity index (χ0v) is 19.6. The van der Waals surface area contributed by atoms with Crippen LogP contribution in [0.1, 0.15) is 31.4 Å². The number of thiocarbonyl (C=S) groups is 1. The van der Waals surface area contributed by atoms with Gasteiger partial charge in [0, 0.05) is 25.8 Å². The third-order valence-electron chi connectivity index (χ3n) is 5.69. The Morgan fingerprint density at radius 1 is 1.29 bits per heavy atom. The number of hydrogen-bond donors (Lipinski definition) is 0. The quantitative estimate of drug-likeness (QED) is 0.397. The predicted octanol–water partition coefficient (Wildman–Crippen LogP) is 3.87. The average molecular weight is 455 g/mol. The molecule has 0 aromatic carbocycles. The van der Waals surface area contributed by atoms with Gasteiger partial charge in [-0.05, 0) is 42.9 Å². The molecule has 0 saturated carbocycles. The summed E-state index contributed by atoms with van der Waals surface area (Å²) < 4.78 is 2.04. The zero-order valence-electron chi connectivity index (χ0n) is 18.0. The number of aromatic nitrogens is 2. The van der Waals surface area contributed by atoms with E-state index in [1.807, 2.05) is 19.1 Å². The van der Waals surface area contributed by atoms with Crippen molar-refractivity contribution in [3.05, 3.63) is 57.4 Å². The highest BCUT2D eigenvalue weighted by Gasteiger charge is 2.33. The molecule has 0 aliphatic carbocycles. The highest BCUT2D eigenvalue weighted by atomic mass is 32.2. The molecule has 162 valence electrons. The SMILES string of the molecule is C=CCN1C(=O)/C(=C\c2c(N3C[C@H](C)C[C@@H](C)C3)nc3c(C)cccn3c2=O)SC1=S. The summed E-state index contributed by atoms with van der Waals surface area (Å²) >= 11 is 6.58. The molecule has 8 heteroatoms. The van der Waals surface area contributed by atoms with E-state index in [2.05, 4.69) is 25.3 Å². The molecule has 0 bridgehead atoms. The number of rotatable bonds is 4. The van der Waals surface area contributed by atoms with Crippen LogP contribution in [-0.4, -0.2) is 44.1 Å². The zero-order chi connectivity index (χ0) is 22.3. The second kappa shape index (κ2) is 8.59. The molecule has 2 fully saturated rings. The van der Waals surface area contributed by atoms with E-state index in [0.29, 0.717) is 44.6 Å². The number of anilines is 1. The Morgan fingerprint density at radius 3 is 2.68 bits per heavy atom. The van der Waals surface area contributed by atoms with E-state index < -0.39 is 0 Å². The summed E-state index contributed by atoms with van der Waals surface area (Å²) in [5.41, 5.74) is 1.83. The first-order valence-corrected chi connectivity index (χ1v) is 11.7. The lowest BCUT2D eigenvalue weighted by atomic mass is 9.91. The van der Waals surface area contributed by atoms with Gasteiger partial charge in [-0.3, -0.25) is 18.9 Å². The minimum atomic E-state index is -0.199. The first kappa shape index (κ1) is 21.8. The van der Waals surface area contributed by atoms with E-state index in [0.717, 1.165) is 25.1 Å². The molecule has 1 amide bonds. The lowest BCUT2D eigenvalue weighted by molar-refractivity contribution is -0.121. The molecule has 2 aromatic rings. The normalized spacial score (nSPS) is 23.3. The Balaban J connectivity index is 1.90. The Bertz CT molecular complexity index is 1160. The first-order chi connectivity index (χ1) is 14.8. The number of thioether (sulfide) groups is 1. The van der Waals surface area contributed by atoms with Crippen LogP contribution >= 0.6 is 24.0 Å². The van der Waals surface area contributed by atoms with Crippen LogP contribution in [0.3, 0.4) is 0 Å².